The lowest BCUT2D eigenvalue weighted by molar-refractivity contribution is 0.140. The molecule has 27 heavy (non-hydrogen) atoms. The van der Waals surface area contributed by atoms with E-state index in [-0.39, 0.29) is 5.95 Å². The first-order valence-electron chi connectivity index (χ1n) is 8.78. The van der Waals surface area contributed by atoms with Crippen LogP contribution in [0.2, 0.25) is 0 Å². The van der Waals surface area contributed by atoms with E-state index in [2.05, 4.69) is 11.9 Å². The lowest BCUT2D eigenvalue weighted by atomic mass is 10.2. The minimum Gasteiger partial charge on any atom is -0.497 e. The van der Waals surface area contributed by atoms with E-state index in [4.69, 9.17) is 18.6 Å². The van der Waals surface area contributed by atoms with Gasteiger partial charge in [0.2, 0.25) is 5.89 Å². The highest BCUT2D eigenvalue weighted by Crippen LogP contribution is 2.30. The maximum Gasteiger partial charge on any atom is 0.521 e. The van der Waals surface area contributed by atoms with Gasteiger partial charge in [0.05, 0.1) is 7.11 Å². The summed E-state index contributed by atoms with van der Waals surface area (Å²) in [7, 11) is 1.60. The van der Waals surface area contributed by atoms with Crippen LogP contribution in [0, 0.1) is 0 Å². The average molecular weight is 367 g/mol. The molecule has 0 fully saturated rings. The Labute approximate surface area is 157 Å². The molecule has 3 rings (SSSR count). The fourth-order valence-electron chi connectivity index (χ4n) is 2.46. The summed E-state index contributed by atoms with van der Waals surface area (Å²) in [6, 6.07) is 16.0. The van der Waals surface area contributed by atoms with Crippen LogP contribution in [-0.2, 0) is 6.42 Å². The summed E-state index contributed by atoms with van der Waals surface area (Å²) in [4.78, 5) is 16.6. The van der Waals surface area contributed by atoms with Crippen molar-refractivity contribution in [1.82, 2.24) is 4.98 Å². The van der Waals surface area contributed by atoms with Crippen molar-refractivity contribution in [2.45, 2.75) is 26.2 Å². The monoisotopic (exact) mass is 367 g/mol. The Hall–Kier alpha value is -3.28. The number of hydrogen-bond donors (Lipinski definition) is 0. The molecule has 6 nitrogen and oxygen atoms in total. The lowest BCUT2D eigenvalue weighted by Crippen LogP contribution is -2.14. The van der Waals surface area contributed by atoms with E-state index in [1.165, 1.54) is 0 Å². The molecular weight excluding hydrogens is 346 g/mol. The van der Waals surface area contributed by atoms with Crippen LogP contribution < -0.4 is 14.2 Å². The molecule has 2 aromatic carbocycles. The molecule has 0 atom stereocenters. The normalized spacial score (nSPS) is 10.4. The molecule has 0 saturated heterocycles. The fourth-order valence-corrected chi connectivity index (χ4v) is 2.46. The van der Waals surface area contributed by atoms with E-state index >= 15 is 0 Å². The van der Waals surface area contributed by atoms with Gasteiger partial charge in [0, 0.05) is 5.56 Å². The molecule has 3 aromatic rings. The molecule has 0 radical (unpaired) electrons. The molecule has 0 bridgehead atoms. The molecule has 1 heterocycles. The number of nitrogens with zero attached hydrogens (tertiary/aromatic N) is 1. The van der Waals surface area contributed by atoms with Gasteiger partial charge in [-0.05, 0) is 49.2 Å². The zero-order chi connectivity index (χ0) is 19.1. The number of oxazole rings is 1. The second-order valence-corrected chi connectivity index (χ2v) is 5.85. The van der Waals surface area contributed by atoms with Crippen molar-refractivity contribution in [3.8, 4) is 28.9 Å². The zero-order valence-corrected chi connectivity index (χ0v) is 15.3. The third kappa shape index (κ3) is 4.88. The summed E-state index contributed by atoms with van der Waals surface area (Å²) in [6.45, 7) is 2.08. The summed E-state index contributed by atoms with van der Waals surface area (Å²) >= 11 is 0. The predicted molar refractivity (Wildman–Crippen MR) is 100 cm³/mol. The van der Waals surface area contributed by atoms with Gasteiger partial charge in [0.1, 0.15) is 17.2 Å². The van der Waals surface area contributed by atoms with Crippen LogP contribution in [0.15, 0.2) is 59.0 Å². The molecule has 0 aliphatic carbocycles. The molecule has 140 valence electrons. The highest BCUT2D eigenvalue weighted by Gasteiger charge is 2.20. The number of carbonyl (C=O) groups excluding carboxylic acids is 1. The number of carbonyl (C=O) groups is 1. The second-order valence-electron chi connectivity index (χ2n) is 5.85. The minimum absolute atomic E-state index is 0.0650. The van der Waals surface area contributed by atoms with Crippen molar-refractivity contribution >= 4 is 6.16 Å². The van der Waals surface area contributed by atoms with Crippen LogP contribution in [0.5, 0.6) is 17.4 Å². The molecule has 6 heteroatoms. The van der Waals surface area contributed by atoms with Gasteiger partial charge in [-0.1, -0.05) is 31.5 Å². The predicted octanol–water partition coefficient (Wildman–Crippen LogP) is 5.27. The maximum atomic E-state index is 12.1. The summed E-state index contributed by atoms with van der Waals surface area (Å²) in [6.07, 6.45) is 1.66. The molecule has 0 amide bonds. The first kappa shape index (κ1) is 18.5. The van der Waals surface area contributed by atoms with Crippen LogP contribution in [0.25, 0.3) is 11.5 Å². The third-order valence-corrected chi connectivity index (χ3v) is 3.89. The second kappa shape index (κ2) is 8.89. The number of benzene rings is 2. The molecule has 0 saturated carbocycles. The summed E-state index contributed by atoms with van der Waals surface area (Å²) in [5.41, 5.74) is 1.35. The van der Waals surface area contributed by atoms with Gasteiger partial charge in [-0.3, -0.25) is 0 Å². The number of methoxy groups -OCH3 is 1. The topological polar surface area (TPSA) is 70.8 Å². The first-order chi connectivity index (χ1) is 13.2. The van der Waals surface area contributed by atoms with Crippen molar-refractivity contribution < 1.29 is 23.4 Å². The standard InChI is InChI=1S/C21H21NO5/c1-3-4-10-18-20(27-21(23)25-17-8-6-5-7-9-17)26-19(22-18)15-11-13-16(24-2)14-12-15/h5-9,11-14H,3-4,10H2,1-2H3. The number of hydrogen-bond acceptors (Lipinski definition) is 6. The van der Waals surface area contributed by atoms with E-state index in [0.29, 0.717) is 23.8 Å². The molecule has 0 aliphatic heterocycles. The number of rotatable bonds is 7. The van der Waals surface area contributed by atoms with Gasteiger partial charge < -0.3 is 18.6 Å². The number of aromatic nitrogens is 1. The van der Waals surface area contributed by atoms with Gasteiger partial charge in [0.25, 0.3) is 0 Å². The SMILES string of the molecule is CCCCc1nc(-c2ccc(OC)cc2)oc1OC(=O)Oc1ccccc1. The summed E-state index contributed by atoms with van der Waals surface area (Å²) in [5.74, 6) is 1.58. The Morgan fingerprint density at radius 2 is 1.74 bits per heavy atom. The van der Waals surface area contributed by atoms with Crippen molar-refractivity contribution in [3.05, 3.63) is 60.3 Å². The fraction of sp³-hybridized carbons (Fsp3) is 0.238. The van der Waals surface area contributed by atoms with Gasteiger partial charge in [-0.15, -0.1) is 0 Å². The highest BCUT2D eigenvalue weighted by atomic mass is 16.8. The van der Waals surface area contributed by atoms with E-state index in [1.807, 2.05) is 30.3 Å². The van der Waals surface area contributed by atoms with Crippen molar-refractivity contribution in [2.24, 2.45) is 0 Å². The van der Waals surface area contributed by atoms with E-state index in [1.54, 1.807) is 31.4 Å². The zero-order valence-electron chi connectivity index (χ0n) is 15.3. The van der Waals surface area contributed by atoms with E-state index < -0.39 is 6.16 Å². The summed E-state index contributed by atoms with van der Waals surface area (Å²) < 4.78 is 21.3. The Morgan fingerprint density at radius 3 is 2.41 bits per heavy atom. The smallest absolute Gasteiger partial charge is 0.497 e. The van der Waals surface area contributed by atoms with Gasteiger partial charge in [-0.2, -0.15) is 0 Å². The third-order valence-electron chi connectivity index (χ3n) is 3.89. The molecular formula is C21H21NO5. The Morgan fingerprint density at radius 1 is 1.00 bits per heavy atom. The van der Waals surface area contributed by atoms with Crippen LogP contribution in [-0.4, -0.2) is 18.2 Å². The van der Waals surface area contributed by atoms with Gasteiger partial charge >= 0.3 is 12.1 Å². The average Bonchev–Trinajstić information content (AvgIpc) is 3.09. The number of unbranched alkanes of at least 4 members (excludes halogenated alkanes) is 1. The largest absolute Gasteiger partial charge is 0.521 e. The number of aryl methyl sites for hydroxylation is 1. The molecule has 0 N–H and O–H groups in total. The van der Waals surface area contributed by atoms with E-state index in [0.717, 1.165) is 24.2 Å². The summed E-state index contributed by atoms with van der Waals surface area (Å²) in [5, 5.41) is 0. The van der Waals surface area contributed by atoms with Crippen molar-refractivity contribution in [1.29, 1.82) is 0 Å². The molecule has 0 unspecified atom stereocenters. The molecule has 1 aromatic heterocycles. The number of ether oxygens (including phenoxy) is 3. The van der Waals surface area contributed by atoms with Crippen molar-refractivity contribution in [3.63, 3.8) is 0 Å². The first-order valence-corrected chi connectivity index (χ1v) is 8.78. The molecule has 0 aliphatic rings. The Balaban J connectivity index is 1.79. The van der Waals surface area contributed by atoms with Crippen LogP contribution in [0.3, 0.4) is 0 Å². The quantitative estimate of drug-likeness (QED) is 0.418. The Bertz CT molecular complexity index is 871. The molecule has 0 spiro atoms. The lowest BCUT2D eigenvalue weighted by Gasteiger charge is -2.04. The van der Waals surface area contributed by atoms with Crippen LogP contribution >= 0.6 is 0 Å². The minimum atomic E-state index is -0.864. The van der Waals surface area contributed by atoms with Gasteiger partial charge in [0.15, 0.2) is 0 Å². The highest BCUT2D eigenvalue weighted by molar-refractivity contribution is 5.67. The van der Waals surface area contributed by atoms with Gasteiger partial charge in [-0.25, -0.2) is 9.78 Å². The van der Waals surface area contributed by atoms with E-state index in [9.17, 15) is 4.79 Å². The van der Waals surface area contributed by atoms with Crippen LogP contribution in [0.1, 0.15) is 25.5 Å². The number of para-hydroxylation sites is 1. The maximum absolute atomic E-state index is 12.1. The van der Waals surface area contributed by atoms with Crippen molar-refractivity contribution in [2.75, 3.05) is 7.11 Å². The Kier molecular flexibility index (Phi) is 6.10. The van der Waals surface area contributed by atoms with Crippen LogP contribution in [0.4, 0.5) is 4.79 Å².